The zero-order chi connectivity index (χ0) is 16.7. The Morgan fingerprint density at radius 3 is 2.62 bits per heavy atom. The molecular formula is C17H27IN4O2. The molecule has 2 N–H and O–H groups in total. The lowest BCUT2D eigenvalue weighted by molar-refractivity contribution is -0.117. The largest absolute Gasteiger partial charge is 0.383 e. The summed E-state index contributed by atoms with van der Waals surface area (Å²) in [5.74, 6) is 0.959. The Balaban J connectivity index is 0.00000288. The minimum absolute atomic E-state index is 0. The third-order valence-corrected chi connectivity index (χ3v) is 3.80. The molecule has 1 atom stereocenters. The fourth-order valence-electron chi connectivity index (χ4n) is 2.62. The summed E-state index contributed by atoms with van der Waals surface area (Å²) in [5, 5.41) is 6.54. The number of guanidine groups is 1. The van der Waals surface area contributed by atoms with Crippen LogP contribution in [0.25, 0.3) is 0 Å². The molecule has 1 amide bonds. The zero-order valence-electron chi connectivity index (χ0n) is 14.5. The highest BCUT2D eigenvalue weighted by Gasteiger charge is 2.21. The maximum absolute atomic E-state index is 11.7. The summed E-state index contributed by atoms with van der Waals surface area (Å²) in [6.45, 7) is 4.16. The van der Waals surface area contributed by atoms with Gasteiger partial charge in [-0.15, -0.1) is 24.0 Å². The quantitative estimate of drug-likeness (QED) is 0.399. The summed E-state index contributed by atoms with van der Waals surface area (Å²) in [6.07, 6.45) is 1.61. The molecular weight excluding hydrogens is 419 g/mol. The first-order valence-electron chi connectivity index (χ1n) is 7.99. The third-order valence-electron chi connectivity index (χ3n) is 3.80. The lowest BCUT2D eigenvalue weighted by Crippen LogP contribution is -2.43. The van der Waals surface area contributed by atoms with E-state index in [1.54, 1.807) is 14.2 Å². The Labute approximate surface area is 161 Å². The van der Waals surface area contributed by atoms with Crippen LogP contribution in [-0.2, 0) is 16.1 Å². The van der Waals surface area contributed by atoms with Crippen LogP contribution < -0.4 is 15.5 Å². The van der Waals surface area contributed by atoms with Crippen LogP contribution in [0.3, 0.4) is 0 Å². The fraction of sp³-hybridized carbons (Fsp3) is 0.529. The van der Waals surface area contributed by atoms with E-state index in [2.05, 4.69) is 15.6 Å². The van der Waals surface area contributed by atoms with Crippen LogP contribution in [0.4, 0.5) is 5.69 Å². The fourth-order valence-corrected chi connectivity index (χ4v) is 2.62. The van der Waals surface area contributed by atoms with E-state index in [1.165, 1.54) is 0 Å². The maximum Gasteiger partial charge on any atom is 0.227 e. The molecule has 0 bridgehead atoms. The van der Waals surface area contributed by atoms with Crippen molar-refractivity contribution in [2.75, 3.05) is 32.2 Å². The predicted octanol–water partition coefficient (Wildman–Crippen LogP) is 2.13. The molecule has 1 aromatic carbocycles. The summed E-state index contributed by atoms with van der Waals surface area (Å²) >= 11 is 0. The van der Waals surface area contributed by atoms with Crippen molar-refractivity contribution >= 4 is 41.5 Å². The van der Waals surface area contributed by atoms with Gasteiger partial charge in [-0.3, -0.25) is 9.79 Å². The number of nitrogens with one attached hydrogen (secondary N) is 2. The first-order chi connectivity index (χ1) is 11.1. The van der Waals surface area contributed by atoms with Gasteiger partial charge in [0.2, 0.25) is 5.91 Å². The van der Waals surface area contributed by atoms with Crippen LogP contribution in [0.1, 0.15) is 25.3 Å². The molecule has 6 nitrogen and oxygen atoms in total. The standard InChI is InChI=1S/C17H26N4O2.HI/c1-13(12-23-3)20-17(18-2)19-11-14-6-8-15(9-7-14)21-10-4-5-16(21)22;/h6-9,13H,4-5,10-12H2,1-3H3,(H2,18,19,20);1H. The maximum atomic E-state index is 11.7. The number of rotatable bonds is 6. The van der Waals surface area contributed by atoms with E-state index in [1.807, 2.05) is 36.1 Å². The van der Waals surface area contributed by atoms with E-state index in [-0.39, 0.29) is 35.9 Å². The molecule has 0 aromatic heterocycles. The van der Waals surface area contributed by atoms with Gasteiger partial charge in [0.1, 0.15) is 0 Å². The summed E-state index contributed by atoms with van der Waals surface area (Å²) < 4.78 is 5.10. The van der Waals surface area contributed by atoms with E-state index in [4.69, 9.17) is 4.74 Å². The van der Waals surface area contributed by atoms with Gasteiger partial charge in [0.05, 0.1) is 6.61 Å². The first-order valence-corrected chi connectivity index (χ1v) is 7.99. The van der Waals surface area contributed by atoms with Gasteiger partial charge in [-0.1, -0.05) is 12.1 Å². The highest BCUT2D eigenvalue weighted by Crippen LogP contribution is 2.21. The summed E-state index contributed by atoms with van der Waals surface area (Å²) in [7, 11) is 3.43. The van der Waals surface area contributed by atoms with Crippen LogP contribution in [0, 0.1) is 0 Å². The van der Waals surface area contributed by atoms with Crippen LogP contribution in [0.2, 0.25) is 0 Å². The van der Waals surface area contributed by atoms with Crippen molar-refractivity contribution in [3.05, 3.63) is 29.8 Å². The number of aliphatic imine (C=N–C) groups is 1. The topological polar surface area (TPSA) is 66.0 Å². The van der Waals surface area contributed by atoms with Gasteiger partial charge in [0.15, 0.2) is 5.96 Å². The second-order valence-electron chi connectivity index (χ2n) is 5.74. The normalized spacial score (nSPS) is 15.9. The van der Waals surface area contributed by atoms with E-state index in [9.17, 15) is 4.79 Å². The molecule has 1 aromatic rings. The number of halogens is 1. The first kappa shape index (κ1) is 20.7. The minimum atomic E-state index is 0. The molecule has 1 unspecified atom stereocenters. The molecule has 134 valence electrons. The van der Waals surface area contributed by atoms with Gasteiger partial charge in [-0.25, -0.2) is 0 Å². The van der Waals surface area contributed by atoms with Crippen LogP contribution in [0.15, 0.2) is 29.3 Å². The molecule has 1 aliphatic rings. The van der Waals surface area contributed by atoms with E-state index in [0.717, 1.165) is 30.2 Å². The average Bonchev–Trinajstić information content (AvgIpc) is 2.98. The number of carbonyl (C=O) groups is 1. The monoisotopic (exact) mass is 446 g/mol. The van der Waals surface area contributed by atoms with Crippen molar-refractivity contribution in [3.8, 4) is 0 Å². The summed E-state index contributed by atoms with van der Waals surface area (Å²) in [4.78, 5) is 17.8. The minimum Gasteiger partial charge on any atom is -0.383 e. The van der Waals surface area contributed by atoms with Gasteiger partial charge < -0.3 is 20.3 Å². The number of carbonyl (C=O) groups excluding carboxylic acids is 1. The third kappa shape index (κ3) is 5.94. The van der Waals surface area contributed by atoms with Crippen LogP contribution in [-0.4, -0.2) is 45.2 Å². The Kier molecular flexibility index (Phi) is 9.05. The van der Waals surface area contributed by atoms with E-state index in [0.29, 0.717) is 19.6 Å². The van der Waals surface area contributed by atoms with Crippen LogP contribution >= 0.6 is 24.0 Å². The van der Waals surface area contributed by atoms with E-state index < -0.39 is 0 Å². The number of hydrogen-bond donors (Lipinski definition) is 2. The lowest BCUT2D eigenvalue weighted by atomic mass is 10.2. The van der Waals surface area contributed by atoms with Gasteiger partial charge in [0, 0.05) is 45.4 Å². The Hall–Kier alpha value is -1.35. The molecule has 0 radical (unpaired) electrons. The SMILES string of the molecule is CN=C(NCc1ccc(N2CCCC2=O)cc1)NC(C)COC.I. The molecule has 0 saturated carbocycles. The highest BCUT2D eigenvalue weighted by molar-refractivity contribution is 14.0. The summed E-state index contributed by atoms with van der Waals surface area (Å²) in [5.41, 5.74) is 2.12. The number of anilines is 1. The van der Waals surface area contributed by atoms with Gasteiger partial charge in [-0.2, -0.15) is 0 Å². The van der Waals surface area contributed by atoms with Crippen molar-refractivity contribution < 1.29 is 9.53 Å². The number of amides is 1. The molecule has 0 spiro atoms. The van der Waals surface area contributed by atoms with Gasteiger partial charge >= 0.3 is 0 Å². The van der Waals surface area contributed by atoms with Crippen LogP contribution in [0.5, 0.6) is 0 Å². The van der Waals surface area contributed by atoms with Crippen molar-refractivity contribution in [2.24, 2.45) is 4.99 Å². The molecule has 24 heavy (non-hydrogen) atoms. The van der Waals surface area contributed by atoms with Crippen molar-refractivity contribution in [1.82, 2.24) is 10.6 Å². The number of hydrogen-bond acceptors (Lipinski definition) is 3. The molecule has 1 saturated heterocycles. The lowest BCUT2D eigenvalue weighted by Gasteiger charge is -2.18. The second kappa shape index (κ2) is 10.5. The van der Waals surface area contributed by atoms with Crippen molar-refractivity contribution in [2.45, 2.75) is 32.4 Å². The van der Waals surface area contributed by atoms with Gasteiger partial charge in [0.25, 0.3) is 0 Å². The Morgan fingerprint density at radius 1 is 1.38 bits per heavy atom. The molecule has 7 heteroatoms. The number of nitrogens with zero attached hydrogens (tertiary/aromatic N) is 2. The number of ether oxygens (including phenoxy) is 1. The van der Waals surface area contributed by atoms with Crippen molar-refractivity contribution in [1.29, 1.82) is 0 Å². The Morgan fingerprint density at radius 2 is 2.08 bits per heavy atom. The second-order valence-corrected chi connectivity index (χ2v) is 5.74. The highest BCUT2D eigenvalue weighted by atomic mass is 127. The average molecular weight is 446 g/mol. The molecule has 1 fully saturated rings. The summed E-state index contributed by atoms with van der Waals surface area (Å²) in [6, 6.07) is 8.28. The number of benzene rings is 1. The smallest absolute Gasteiger partial charge is 0.227 e. The Bertz CT molecular complexity index is 548. The molecule has 1 aliphatic heterocycles. The van der Waals surface area contributed by atoms with Gasteiger partial charge in [-0.05, 0) is 31.0 Å². The van der Waals surface area contributed by atoms with E-state index >= 15 is 0 Å². The molecule has 0 aliphatic carbocycles. The van der Waals surface area contributed by atoms with Crippen molar-refractivity contribution in [3.63, 3.8) is 0 Å². The molecule has 1 heterocycles. The number of methoxy groups -OCH3 is 1. The predicted molar refractivity (Wildman–Crippen MR) is 108 cm³/mol. The molecule has 2 rings (SSSR count). The zero-order valence-corrected chi connectivity index (χ0v) is 16.9.